The van der Waals surface area contributed by atoms with E-state index in [0.717, 1.165) is 0 Å². The highest BCUT2D eigenvalue weighted by molar-refractivity contribution is 7.57. The van der Waals surface area contributed by atoms with E-state index in [4.69, 9.17) is 87.7 Å². The molecule has 1 rings (SSSR count). The Morgan fingerprint density at radius 2 is 1.19 bits per heavy atom. The Balaban J connectivity index is 3.66. The summed E-state index contributed by atoms with van der Waals surface area (Å²) in [5.41, 5.74) is -0.462. The fourth-order valence-corrected chi connectivity index (χ4v) is 8.66. The quantitative estimate of drug-likeness (QED) is 0.107. The minimum absolute atomic E-state index is 0.0356. The van der Waals surface area contributed by atoms with E-state index in [2.05, 4.69) is 0 Å². The second kappa shape index (κ2) is 17.9. The SMILES string of the molecule is CC[C@@H](Cl)COP(=O)(OC[C@H](Cl)CC)[C@@H](O[P@](=O)(OC[C@@H](Cl)CC)[C@@H](CC)CCl)c1ccc(Cl)c(Cl)c1. The Bertz CT molecular complexity index is 888. The van der Waals surface area contributed by atoms with Gasteiger partial charge in [0.2, 0.25) is 0 Å². The third-order valence-electron chi connectivity index (χ3n) is 5.49. The molecule has 6 nitrogen and oxygen atoms in total. The molecular formula is C23H36Cl6O6P2. The second-order valence-corrected chi connectivity index (χ2v) is 15.6. The predicted octanol–water partition coefficient (Wildman–Crippen LogP) is 10.5. The maximum Gasteiger partial charge on any atom is 0.364 e. The van der Waals surface area contributed by atoms with Gasteiger partial charge in [-0.25, -0.2) is 0 Å². The average molecular weight is 683 g/mol. The van der Waals surface area contributed by atoms with Crippen LogP contribution >= 0.6 is 84.8 Å². The molecule has 0 aromatic heterocycles. The minimum Gasteiger partial charge on any atom is -0.307 e. The van der Waals surface area contributed by atoms with Gasteiger partial charge in [0.25, 0.3) is 0 Å². The lowest BCUT2D eigenvalue weighted by molar-refractivity contribution is 0.128. The summed E-state index contributed by atoms with van der Waals surface area (Å²) in [4.78, 5) is 0. The molecule has 0 aliphatic heterocycles. The molecule has 0 fully saturated rings. The van der Waals surface area contributed by atoms with E-state index in [1.807, 2.05) is 20.8 Å². The summed E-state index contributed by atoms with van der Waals surface area (Å²) < 4.78 is 52.2. The Morgan fingerprint density at radius 1 is 0.730 bits per heavy atom. The van der Waals surface area contributed by atoms with Gasteiger partial charge in [0, 0.05) is 5.88 Å². The molecule has 0 radical (unpaired) electrons. The highest BCUT2D eigenvalue weighted by atomic mass is 35.5. The molecule has 0 amide bonds. The van der Waals surface area contributed by atoms with Gasteiger partial charge in [-0.3, -0.25) is 13.7 Å². The molecule has 0 heterocycles. The van der Waals surface area contributed by atoms with E-state index in [0.29, 0.717) is 25.7 Å². The van der Waals surface area contributed by atoms with Crippen molar-refractivity contribution in [3.63, 3.8) is 0 Å². The van der Waals surface area contributed by atoms with Gasteiger partial charge in [0.15, 0.2) is 5.85 Å². The lowest BCUT2D eigenvalue weighted by atomic mass is 10.2. The summed E-state index contributed by atoms with van der Waals surface area (Å²) in [6.07, 6.45) is 2.03. The first kappa shape index (κ1) is 36.3. The van der Waals surface area contributed by atoms with Crippen LogP contribution in [0.2, 0.25) is 10.0 Å². The summed E-state index contributed by atoms with van der Waals surface area (Å²) in [7, 11) is -8.29. The van der Waals surface area contributed by atoms with Crippen LogP contribution in [0.4, 0.5) is 0 Å². The largest absolute Gasteiger partial charge is 0.364 e. The zero-order chi connectivity index (χ0) is 28.2. The molecule has 37 heavy (non-hydrogen) atoms. The van der Waals surface area contributed by atoms with Crippen LogP contribution in [0, 0.1) is 0 Å². The number of alkyl halides is 4. The van der Waals surface area contributed by atoms with Gasteiger partial charge in [0.05, 0.1) is 51.7 Å². The molecule has 1 aromatic rings. The minimum atomic E-state index is -4.25. The highest BCUT2D eigenvalue weighted by Gasteiger charge is 2.47. The van der Waals surface area contributed by atoms with Gasteiger partial charge in [0.1, 0.15) is 0 Å². The summed E-state index contributed by atoms with van der Waals surface area (Å²) in [6.45, 7) is 7.07. The zero-order valence-electron chi connectivity index (χ0n) is 21.4. The molecule has 0 saturated carbocycles. The van der Waals surface area contributed by atoms with Crippen molar-refractivity contribution >= 4 is 84.8 Å². The fourth-order valence-electron chi connectivity index (χ4n) is 2.83. The summed E-state index contributed by atoms with van der Waals surface area (Å²) in [5, 5.41) is -0.908. The van der Waals surface area contributed by atoms with Crippen LogP contribution in [-0.4, -0.2) is 47.5 Å². The molecule has 0 aliphatic carbocycles. The third-order valence-corrected chi connectivity index (χ3v) is 12.7. The van der Waals surface area contributed by atoms with Crippen molar-refractivity contribution < 1.29 is 27.2 Å². The van der Waals surface area contributed by atoms with Crippen LogP contribution in [0.3, 0.4) is 0 Å². The van der Waals surface area contributed by atoms with E-state index in [-0.39, 0.29) is 41.3 Å². The monoisotopic (exact) mass is 680 g/mol. The number of hydrogen-bond donors (Lipinski definition) is 0. The van der Waals surface area contributed by atoms with Crippen LogP contribution in [-0.2, 0) is 27.2 Å². The van der Waals surface area contributed by atoms with E-state index in [1.165, 1.54) is 18.2 Å². The van der Waals surface area contributed by atoms with Crippen LogP contribution in [0.25, 0.3) is 0 Å². The van der Waals surface area contributed by atoms with Crippen LogP contribution in [0.1, 0.15) is 64.8 Å². The van der Waals surface area contributed by atoms with Crippen molar-refractivity contribution in [3.05, 3.63) is 33.8 Å². The van der Waals surface area contributed by atoms with Crippen molar-refractivity contribution in [2.24, 2.45) is 0 Å². The molecule has 0 spiro atoms. The Hall–Kier alpha value is 1.26. The molecule has 0 bridgehead atoms. The van der Waals surface area contributed by atoms with E-state index in [9.17, 15) is 9.13 Å². The first-order chi connectivity index (χ1) is 17.4. The average Bonchev–Trinajstić information content (AvgIpc) is 2.89. The Morgan fingerprint density at radius 3 is 1.57 bits per heavy atom. The molecule has 0 N–H and O–H groups in total. The number of benzene rings is 1. The lowest BCUT2D eigenvalue weighted by Crippen LogP contribution is -2.21. The smallest absolute Gasteiger partial charge is 0.307 e. The first-order valence-electron chi connectivity index (χ1n) is 12.1. The summed E-state index contributed by atoms with van der Waals surface area (Å²) in [5.74, 6) is -1.55. The maximum absolute atomic E-state index is 14.4. The maximum atomic E-state index is 14.4. The molecule has 0 aliphatic rings. The lowest BCUT2D eigenvalue weighted by Gasteiger charge is -2.33. The zero-order valence-corrected chi connectivity index (χ0v) is 27.7. The number of halogens is 6. The van der Waals surface area contributed by atoms with E-state index < -0.39 is 42.8 Å². The molecule has 6 atom stereocenters. The van der Waals surface area contributed by atoms with Gasteiger partial charge in [-0.05, 0) is 43.4 Å². The second-order valence-electron chi connectivity index (χ2n) is 8.33. The van der Waals surface area contributed by atoms with Gasteiger partial charge >= 0.3 is 15.2 Å². The van der Waals surface area contributed by atoms with Crippen molar-refractivity contribution in [2.75, 3.05) is 25.7 Å². The van der Waals surface area contributed by atoms with Crippen LogP contribution in [0.5, 0.6) is 0 Å². The van der Waals surface area contributed by atoms with Gasteiger partial charge in [-0.1, -0.05) is 57.0 Å². The van der Waals surface area contributed by atoms with Crippen molar-refractivity contribution in [1.29, 1.82) is 0 Å². The van der Waals surface area contributed by atoms with E-state index in [1.54, 1.807) is 6.92 Å². The van der Waals surface area contributed by atoms with Crippen LogP contribution < -0.4 is 0 Å². The predicted molar refractivity (Wildman–Crippen MR) is 158 cm³/mol. The number of rotatable bonds is 19. The van der Waals surface area contributed by atoms with E-state index >= 15 is 0 Å². The summed E-state index contributed by atoms with van der Waals surface area (Å²) >= 11 is 37.3. The Kier molecular flexibility index (Phi) is 17.6. The highest BCUT2D eigenvalue weighted by Crippen LogP contribution is 2.69. The third kappa shape index (κ3) is 11.6. The molecule has 1 aromatic carbocycles. The van der Waals surface area contributed by atoms with Crippen LogP contribution in [0.15, 0.2) is 18.2 Å². The summed E-state index contributed by atoms with van der Waals surface area (Å²) in [6, 6.07) is 4.49. The van der Waals surface area contributed by atoms with Gasteiger partial charge in [-0.15, -0.1) is 46.4 Å². The van der Waals surface area contributed by atoms with Crippen molar-refractivity contribution in [1.82, 2.24) is 0 Å². The van der Waals surface area contributed by atoms with Gasteiger partial charge in [-0.2, -0.15) is 0 Å². The number of hydrogen-bond acceptors (Lipinski definition) is 6. The van der Waals surface area contributed by atoms with Gasteiger partial charge < -0.3 is 13.6 Å². The fraction of sp³-hybridized carbons (Fsp3) is 0.739. The first-order valence-corrected chi connectivity index (χ1v) is 18.0. The van der Waals surface area contributed by atoms with Crippen molar-refractivity contribution in [3.8, 4) is 0 Å². The Labute approximate surface area is 251 Å². The normalized spacial score (nSPS) is 18.1. The standard InChI is InChI=1S/C23H36Cl6O6P2/c1-5-17(25)13-32-36(30,20(8-4)12-24)35-23(16-9-10-21(28)22(29)11-16)37(31,33-14-18(26)6-2)34-15-19(27)7-3/h9-11,17-20,23H,5-8,12-15H2,1-4H3/t17-,18+,19+,20-,23+,36+/m0/s1. The molecule has 0 saturated heterocycles. The molecule has 14 heteroatoms. The molecule has 216 valence electrons. The van der Waals surface area contributed by atoms with Crippen molar-refractivity contribution in [2.45, 2.75) is 81.0 Å². The molecular weight excluding hydrogens is 647 g/mol. The topological polar surface area (TPSA) is 71.1 Å². The molecule has 0 unspecified atom stereocenters.